The topological polar surface area (TPSA) is 73.9 Å². The summed E-state index contributed by atoms with van der Waals surface area (Å²) in [5.41, 5.74) is 1.88. The average molecular weight is 489 g/mol. The van der Waals surface area contributed by atoms with Crippen molar-refractivity contribution in [2.45, 2.75) is 56.8 Å². The van der Waals surface area contributed by atoms with Crippen LogP contribution in [-0.4, -0.2) is 54.7 Å². The van der Waals surface area contributed by atoms with E-state index in [1.807, 2.05) is 12.1 Å². The first-order valence-corrected chi connectivity index (χ1v) is 12.7. The lowest BCUT2D eigenvalue weighted by atomic mass is 9.80. The van der Waals surface area contributed by atoms with Gasteiger partial charge in [0.25, 0.3) is 11.8 Å². The van der Waals surface area contributed by atoms with Gasteiger partial charge in [0.05, 0.1) is 27.1 Å². The molecule has 1 aromatic carbocycles. The van der Waals surface area contributed by atoms with Crippen molar-refractivity contribution in [3.63, 3.8) is 0 Å². The number of thiophene rings is 1. The molecule has 33 heavy (non-hydrogen) atoms. The minimum Gasteiger partial charge on any atom is -0.372 e. The summed E-state index contributed by atoms with van der Waals surface area (Å²) in [4.78, 5) is 27.0. The predicted molar refractivity (Wildman–Crippen MR) is 131 cm³/mol. The highest BCUT2D eigenvalue weighted by Gasteiger charge is 2.58. The van der Waals surface area contributed by atoms with Gasteiger partial charge < -0.3 is 20.4 Å². The molecule has 2 bridgehead atoms. The number of anilines is 2. The van der Waals surface area contributed by atoms with E-state index in [-0.39, 0.29) is 24.0 Å². The second-order valence-electron chi connectivity index (χ2n) is 9.22. The Morgan fingerprint density at radius 1 is 1.18 bits per heavy atom. The number of halogens is 1. The quantitative estimate of drug-likeness (QED) is 0.659. The number of carbonyl (C=O) groups is 2. The van der Waals surface area contributed by atoms with E-state index < -0.39 is 5.54 Å². The van der Waals surface area contributed by atoms with E-state index in [2.05, 4.69) is 40.7 Å². The van der Waals surface area contributed by atoms with Gasteiger partial charge in [-0.15, -0.1) is 11.3 Å². The fraction of sp³-hybridized carbons (Fsp3) is 0.500. The number of amides is 2. The van der Waals surface area contributed by atoms with Crippen LogP contribution in [0.25, 0.3) is 0 Å². The fourth-order valence-corrected chi connectivity index (χ4v) is 6.24. The van der Waals surface area contributed by atoms with Crippen molar-refractivity contribution in [2.24, 2.45) is 0 Å². The summed E-state index contributed by atoms with van der Waals surface area (Å²) in [6.45, 7) is 4.09. The van der Waals surface area contributed by atoms with Crippen LogP contribution in [0.15, 0.2) is 30.3 Å². The van der Waals surface area contributed by atoms with E-state index in [0.717, 1.165) is 42.9 Å². The molecule has 2 aromatic rings. The maximum atomic E-state index is 13.6. The first kappa shape index (κ1) is 22.7. The second-order valence-corrected chi connectivity index (χ2v) is 10.9. The average Bonchev–Trinajstić information content (AvgIpc) is 3.51. The van der Waals surface area contributed by atoms with Crippen LogP contribution in [0, 0.1) is 6.92 Å². The van der Waals surface area contributed by atoms with Crippen molar-refractivity contribution >= 4 is 46.1 Å². The Kier molecular flexibility index (Phi) is 6.11. The SMILES string of the molecule is Cc1cc(NC(=O)C2(NC(=O)c3ccc(Cl)s3)CC3CCC2O3)ccc1N1CCCCN1C. The standard InChI is InChI=1S/C24H29ClN4O3S/c1-15-13-16(5-7-18(15)29-12-4-3-11-28(29)2)26-23(31)24(14-17-6-9-20(24)32-17)27-22(30)19-8-10-21(25)33-19/h5,7-8,10,13,17,20H,3-4,6,9,11-12,14H2,1-2H3,(H,26,31)(H,27,30). The number of ether oxygens (including phenoxy) is 1. The Morgan fingerprint density at radius 2 is 2.00 bits per heavy atom. The van der Waals surface area contributed by atoms with Crippen LogP contribution in [0.2, 0.25) is 4.34 Å². The summed E-state index contributed by atoms with van der Waals surface area (Å²) in [6, 6.07) is 9.36. The summed E-state index contributed by atoms with van der Waals surface area (Å²) >= 11 is 7.21. The van der Waals surface area contributed by atoms with Crippen LogP contribution in [0.4, 0.5) is 11.4 Å². The number of hydrogen-bond acceptors (Lipinski definition) is 6. The lowest BCUT2D eigenvalue weighted by molar-refractivity contribution is -0.124. The molecule has 9 heteroatoms. The van der Waals surface area contributed by atoms with E-state index in [9.17, 15) is 9.59 Å². The zero-order valence-electron chi connectivity index (χ0n) is 18.9. The summed E-state index contributed by atoms with van der Waals surface area (Å²) in [7, 11) is 2.11. The molecular formula is C24H29ClN4O3S. The van der Waals surface area contributed by atoms with Gasteiger partial charge in [0.1, 0.15) is 5.54 Å². The number of benzene rings is 1. The lowest BCUT2D eigenvalue weighted by Gasteiger charge is -2.38. The Bertz CT molecular complexity index is 1080. The highest BCUT2D eigenvalue weighted by Crippen LogP contribution is 2.43. The molecule has 2 N–H and O–H groups in total. The molecule has 3 saturated heterocycles. The first-order chi connectivity index (χ1) is 15.9. The van der Waals surface area contributed by atoms with Gasteiger partial charge in [-0.25, -0.2) is 5.01 Å². The number of fused-ring (bicyclic) bond motifs is 2. The summed E-state index contributed by atoms with van der Waals surface area (Å²) in [5.74, 6) is -0.522. The lowest BCUT2D eigenvalue weighted by Crippen LogP contribution is -2.62. The second kappa shape index (κ2) is 8.91. The Morgan fingerprint density at radius 3 is 2.64 bits per heavy atom. The van der Waals surface area contributed by atoms with Crippen LogP contribution in [0.5, 0.6) is 0 Å². The number of nitrogens with one attached hydrogen (secondary N) is 2. The van der Waals surface area contributed by atoms with E-state index in [1.165, 1.54) is 24.2 Å². The van der Waals surface area contributed by atoms with Gasteiger partial charge in [-0.2, -0.15) is 0 Å². The molecule has 0 aliphatic carbocycles. The van der Waals surface area contributed by atoms with Crippen molar-refractivity contribution in [2.75, 3.05) is 30.5 Å². The normalized spacial score (nSPS) is 27.1. The summed E-state index contributed by atoms with van der Waals surface area (Å²) in [6.07, 6.45) is 4.18. The van der Waals surface area contributed by atoms with Crippen molar-refractivity contribution < 1.29 is 14.3 Å². The molecule has 3 fully saturated rings. The molecule has 3 aliphatic rings. The maximum Gasteiger partial charge on any atom is 0.262 e. The minimum atomic E-state index is -1.09. The molecule has 2 amide bonds. The van der Waals surface area contributed by atoms with E-state index in [0.29, 0.717) is 15.6 Å². The molecular weight excluding hydrogens is 460 g/mol. The van der Waals surface area contributed by atoms with Crippen LogP contribution in [-0.2, 0) is 9.53 Å². The Balaban J connectivity index is 1.36. The van der Waals surface area contributed by atoms with Gasteiger partial charge in [0, 0.05) is 32.2 Å². The third-order valence-corrected chi connectivity index (χ3v) is 8.22. The van der Waals surface area contributed by atoms with Gasteiger partial charge in [0.2, 0.25) is 0 Å². The molecule has 5 rings (SSSR count). The molecule has 1 aromatic heterocycles. The van der Waals surface area contributed by atoms with Gasteiger partial charge in [0.15, 0.2) is 0 Å². The van der Waals surface area contributed by atoms with Crippen molar-refractivity contribution in [1.29, 1.82) is 0 Å². The monoisotopic (exact) mass is 488 g/mol. The van der Waals surface area contributed by atoms with Crippen LogP contribution in [0.1, 0.15) is 47.3 Å². The molecule has 0 radical (unpaired) electrons. The Hall–Kier alpha value is -2.13. The first-order valence-electron chi connectivity index (χ1n) is 11.5. The largest absolute Gasteiger partial charge is 0.372 e. The number of rotatable bonds is 5. The number of nitrogens with zero attached hydrogens (tertiary/aromatic N) is 2. The maximum absolute atomic E-state index is 13.6. The third-order valence-electron chi connectivity index (χ3n) is 6.99. The zero-order chi connectivity index (χ0) is 23.2. The zero-order valence-corrected chi connectivity index (χ0v) is 20.5. The van der Waals surface area contributed by atoms with Gasteiger partial charge in [-0.05, 0) is 68.5 Å². The van der Waals surface area contributed by atoms with Crippen molar-refractivity contribution in [3.8, 4) is 0 Å². The van der Waals surface area contributed by atoms with E-state index >= 15 is 0 Å². The molecule has 4 heterocycles. The molecule has 176 valence electrons. The molecule has 3 unspecified atom stereocenters. The number of aryl methyl sites for hydroxylation is 1. The minimum absolute atomic E-state index is 0.00766. The number of carbonyl (C=O) groups excluding carboxylic acids is 2. The van der Waals surface area contributed by atoms with Crippen LogP contribution < -0.4 is 15.6 Å². The van der Waals surface area contributed by atoms with Gasteiger partial charge in [-0.3, -0.25) is 9.59 Å². The third kappa shape index (κ3) is 4.25. The molecule has 7 nitrogen and oxygen atoms in total. The van der Waals surface area contributed by atoms with Crippen molar-refractivity contribution in [3.05, 3.63) is 45.1 Å². The van der Waals surface area contributed by atoms with Gasteiger partial charge >= 0.3 is 0 Å². The molecule has 3 aliphatic heterocycles. The van der Waals surface area contributed by atoms with Crippen LogP contribution in [0.3, 0.4) is 0 Å². The Labute approximate surface area is 203 Å². The van der Waals surface area contributed by atoms with E-state index in [4.69, 9.17) is 16.3 Å². The van der Waals surface area contributed by atoms with Gasteiger partial charge in [-0.1, -0.05) is 11.6 Å². The smallest absolute Gasteiger partial charge is 0.262 e. The fourth-order valence-electron chi connectivity index (χ4n) is 5.30. The predicted octanol–water partition coefficient (Wildman–Crippen LogP) is 4.22. The number of hydrogen-bond donors (Lipinski definition) is 2. The highest BCUT2D eigenvalue weighted by molar-refractivity contribution is 7.18. The van der Waals surface area contributed by atoms with Crippen molar-refractivity contribution in [1.82, 2.24) is 10.3 Å². The molecule has 0 spiro atoms. The summed E-state index contributed by atoms with van der Waals surface area (Å²) < 4.78 is 6.55. The number of hydrazine groups is 1. The van der Waals surface area contributed by atoms with E-state index in [1.54, 1.807) is 12.1 Å². The molecule has 3 atom stereocenters. The molecule has 0 saturated carbocycles. The highest BCUT2D eigenvalue weighted by atomic mass is 35.5. The van der Waals surface area contributed by atoms with Crippen LogP contribution >= 0.6 is 22.9 Å². The summed E-state index contributed by atoms with van der Waals surface area (Å²) in [5, 5.41) is 10.6.